The Kier molecular flexibility index (Phi) is 1.32. The highest BCUT2D eigenvalue weighted by Gasteiger charge is 2.03. The Morgan fingerprint density at radius 2 is 2.45 bits per heavy atom. The lowest BCUT2D eigenvalue weighted by Crippen LogP contribution is -1.91. The van der Waals surface area contributed by atoms with Gasteiger partial charge in [0.25, 0.3) is 0 Å². The van der Waals surface area contributed by atoms with Crippen molar-refractivity contribution < 1.29 is 4.79 Å². The van der Waals surface area contributed by atoms with Crippen LogP contribution in [0.1, 0.15) is 10.5 Å². The highest BCUT2D eigenvalue weighted by Crippen LogP contribution is 2.22. The van der Waals surface area contributed by atoms with Gasteiger partial charge in [0.1, 0.15) is 4.83 Å². The lowest BCUT2D eigenvalue weighted by Gasteiger charge is -1.92. The lowest BCUT2D eigenvalue weighted by atomic mass is 10.4. The van der Waals surface area contributed by atoms with Gasteiger partial charge in [0, 0.05) is 12.4 Å². The molecule has 11 heavy (non-hydrogen) atoms. The molecule has 2 rings (SSSR count). The first kappa shape index (κ1) is 6.61. The summed E-state index contributed by atoms with van der Waals surface area (Å²) < 4.78 is 1.91. The van der Waals surface area contributed by atoms with Gasteiger partial charge in [0.15, 0.2) is 6.29 Å². The molecule has 2 heterocycles. The van der Waals surface area contributed by atoms with Gasteiger partial charge in [-0.1, -0.05) is 0 Å². The summed E-state index contributed by atoms with van der Waals surface area (Å²) in [6.45, 7) is 0. The zero-order chi connectivity index (χ0) is 7.84. The van der Waals surface area contributed by atoms with Crippen LogP contribution in [0.4, 0.5) is 0 Å². The lowest BCUT2D eigenvalue weighted by molar-refractivity contribution is 0.111. The molecule has 3 heteroatoms. The van der Waals surface area contributed by atoms with Crippen LogP contribution < -0.4 is 0 Å². The molecule has 2 aromatic rings. The highest BCUT2D eigenvalue weighted by molar-refractivity contribution is 7.16. The predicted octanol–water partition coefficient (Wildman–Crippen LogP) is 2.05. The number of fused-ring (bicyclic) bond motifs is 1. The molecule has 0 fully saturated rings. The fraction of sp³-hybridized carbons (Fsp3) is 0.125. The minimum atomic E-state index is 0.742. The third-order valence-corrected chi connectivity index (χ3v) is 2.80. The van der Waals surface area contributed by atoms with Gasteiger partial charge < -0.3 is 4.57 Å². The van der Waals surface area contributed by atoms with E-state index in [-0.39, 0.29) is 0 Å². The summed E-state index contributed by atoms with van der Waals surface area (Å²) in [4.78, 5) is 11.6. The van der Waals surface area contributed by atoms with Crippen LogP contribution in [0, 0.1) is 0 Å². The summed E-state index contributed by atoms with van der Waals surface area (Å²) >= 11 is 1.65. The largest absolute Gasteiger partial charge is 0.333 e. The van der Waals surface area contributed by atoms with Gasteiger partial charge in [-0.2, -0.15) is 0 Å². The van der Waals surface area contributed by atoms with E-state index >= 15 is 0 Å². The Labute approximate surface area is 68.1 Å². The zero-order valence-electron chi connectivity index (χ0n) is 6.07. The van der Waals surface area contributed by atoms with Crippen LogP contribution in [0.2, 0.25) is 0 Å². The maximum absolute atomic E-state index is 10.5. The number of rotatable bonds is 1. The molecule has 0 aliphatic carbocycles. The topological polar surface area (TPSA) is 22.0 Å². The molecule has 0 atom stereocenters. The number of aryl methyl sites for hydroxylation is 1. The molecule has 2 aromatic heterocycles. The maximum Gasteiger partial charge on any atom is 0.166 e. The number of thiophene rings is 1. The van der Waals surface area contributed by atoms with Crippen molar-refractivity contribution >= 4 is 27.8 Å². The first-order chi connectivity index (χ1) is 5.33. The van der Waals surface area contributed by atoms with Crippen LogP contribution in [-0.2, 0) is 7.05 Å². The van der Waals surface area contributed by atoms with Crippen LogP contribution in [0.25, 0.3) is 10.2 Å². The van der Waals surface area contributed by atoms with Crippen LogP contribution in [0.5, 0.6) is 0 Å². The van der Waals surface area contributed by atoms with Crippen molar-refractivity contribution in [1.29, 1.82) is 0 Å². The molecule has 0 saturated heterocycles. The molecule has 0 aliphatic rings. The first-order valence-electron chi connectivity index (χ1n) is 3.31. The number of hydrogen-bond donors (Lipinski definition) is 0. The van der Waals surface area contributed by atoms with Crippen molar-refractivity contribution in [3.05, 3.63) is 23.2 Å². The van der Waals surface area contributed by atoms with E-state index in [0.717, 1.165) is 22.2 Å². The van der Waals surface area contributed by atoms with E-state index in [0.29, 0.717) is 0 Å². The van der Waals surface area contributed by atoms with Gasteiger partial charge in [-0.25, -0.2) is 0 Å². The minimum Gasteiger partial charge on any atom is -0.333 e. The Bertz CT molecular complexity index is 399. The molecule has 0 saturated carbocycles. The maximum atomic E-state index is 10.5. The van der Waals surface area contributed by atoms with E-state index in [9.17, 15) is 4.79 Å². The van der Waals surface area contributed by atoms with Crippen LogP contribution in [-0.4, -0.2) is 10.9 Å². The molecule has 0 bridgehead atoms. The second-order valence-electron chi connectivity index (χ2n) is 2.43. The summed E-state index contributed by atoms with van der Waals surface area (Å²) in [6.07, 6.45) is 0.882. The summed E-state index contributed by atoms with van der Waals surface area (Å²) in [5.74, 6) is 0. The van der Waals surface area contributed by atoms with E-state index in [2.05, 4.69) is 0 Å². The van der Waals surface area contributed by atoms with E-state index in [1.54, 1.807) is 11.3 Å². The Balaban J connectivity index is 2.86. The summed E-state index contributed by atoms with van der Waals surface area (Å²) in [5.41, 5.74) is 0.742. The van der Waals surface area contributed by atoms with Crippen molar-refractivity contribution in [2.24, 2.45) is 7.05 Å². The summed E-state index contributed by atoms with van der Waals surface area (Å²) in [6, 6.07) is 3.92. The summed E-state index contributed by atoms with van der Waals surface area (Å²) in [7, 11) is 1.91. The minimum absolute atomic E-state index is 0.742. The fourth-order valence-electron chi connectivity index (χ4n) is 1.18. The molecule has 2 nitrogen and oxygen atoms in total. The van der Waals surface area contributed by atoms with Crippen LogP contribution in [0.3, 0.4) is 0 Å². The molecule has 0 aliphatic heterocycles. The highest BCUT2D eigenvalue weighted by atomic mass is 32.1. The van der Waals surface area contributed by atoms with Gasteiger partial charge >= 0.3 is 0 Å². The van der Waals surface area contributed by atoms with Crippen LogP contribution in [0.15, 0.2) is 17.5 Å². The summed E-state index contributed by atoms with van der Waals surface area (Å²) in [5, 5.41) is 3.18. The number of carbonyl (C=O) groups excluding carboxylic acids is 1. The zero-order valence-corrected chi connectivity index (χ0v) is 6.89. The third-order valence-electron chi connectivity index (χ3n) is 1.79. The molecule has 0 spiro atoms. The molecule has 0 aromatic carbocycles. The van der Waals surface area contributed by atoms with Crippen molar-refractivity contribution in [1.82, 2.24) is 4.57 Å². The second-order valence-corrected chi connectivity index (χ2v) is 3.32. The average molecular weight is 165 g/mol. The van der Waals surface area contributed by atoms with Gasteiger partial charge in [-0.15, -0.1) is 11.3 Å². The number of nitrogens with zero attached hydrogens (tertiary/aromatic N) is 1. The molecular formula is C8H7NOS. The molecule has 0 unspecified atom stereocenters. The fourth-order valence-corrected chi connectivity index (χ4v) is 2.05. The molecule has 0 radical (unpaired) electrons. The molecule has 56 valence electrons. The average Bonchev–Trinajstić information content (AvgIpc) is 2.53. The Hall–Kier alpha value is -1.09. The standard InChI is InChI=1S/C8H7NOS/c1-9-7(5-10)4-6-2-3-11-8(6)9/h2-5H,1H3. The third kappa shape index (κ3) is 0.811. The SMILES string of the molecule is Cn1c(C=O)cc2ccsc21. The Morgan fingerprint density at radius 1 is 1.64 bits per heavy atom. The molecule has 0 N–H and O–H groups in total. The number of aldehydes is 1. The van der Waals surface area contributed by atoms with Crippen molar-refractivity contribution in [3.63, 3.8) is 0 Å². The normalized spacial score (nSPS) is 10.6. The number of aromatic nitrogens is 1. The predicted molar refractivity (Wildman–Crippen MR) is 46.2 cm³/mol. The van der Waals surface area contributed by atoms with Crippen molar-refractivity contribution in [3.8, 4) is 0 Å². The van der Waals surface area contributed by atoms with E-state index < -0.39 is 0 Å². The second kappa shape index (κ2) is 2.20. The van der Waals surface area contributed by atoms with Crippen LogP contribution >= 0.6 is 11.3 Å². The van der Waals surface area contributed by atoms with Crippen molar-refractivity contribution in [2.75, 3.05) is 0 Å². The number of hydrogen-bond acceptors (Lipinski definition) is 2. The first-order valence-corrected chi connectivity index (χ1v) is 4.19. The van der Waals surface area contributed by atoms with Gasteiger partial charge in [-0.3, -0.25) is 4.79 Å². The van der Waals surface area contributed by atoms with E-state index in [1.807, 2.05) is 29.1 Å². The van der Waals surface area contributed by atoms with Gasteiger partial charge in [0.05, 0.1) is 5.69 Å². The van der Waals surface area contributed by atoms with E-state index in [4.69, 9.17) is 0 Å². The molecule has 0 amide bonds. The molecular weight excluding hydrogens is 158 g/mol. The van der Waals surface area contributed by atoms with E-state index in [1.165, 1.54) is 0 Å². The van der Waals surface area contributed by atoms with Gasteiger partial charge in [-0.05, 0) is 17.5 Å². The quantitative estimate of drug-likeness (QED) is 0.593. The smallest absolute Gasteiger partial charge is 0.166 e. The Morgan fingerprint density at radius 3 is 3.09 bits per heavy atom. The monoisotopic (exact) mass is 165 g/mol. The van der Waals surface area contributed by atoms with Crippen molar-refractivity contribution in [2.45, 2.75) is 0 Å². The van der Waals surface area contributed by atoms with Gasteiger partial charge in [0.2, 0.25) is 0 Å². The number of carbonyl (C=O) groups is 1.